The number of hydrogen-bond acceptors (Lipinski definition) is 6. The van der Waals surface area contributed by atoms with E-state index in [2.05, 4.69) is 25.5 Å². The normalized spacial score (nSPS) is 14.9. The van der Waals surface area contributed by atoms with Crippen molar-refractivity contribution >= 4 is 10.9 Å². The number of hydrogen-bond donors (Lipinski definition) is 0. The molecule has 3 aromatic heterocycles. The van der Waals surface area contributed by atoms with Crippen molar-refractivity contribution in [2.45, 2.75) is 46.1 Å². The van der Waals surface area contributed by atoms with Crippen molar-refractivity contribution in [3.05, 3.63) is 41.7 Å². The first-order chi connectivity index (χ1) is 13.7. The Hall–Kier alpha value is -3.09. The van der Waals surface area contributed by atoms with Gasteiger partial charge in [-0.05, 0) is 44.7 Å². The lowest BCUT2D eigenvalue weighted by atomic mass is 10.1. The van der Waals surface area contributed by atoms with Crippen LogP contribution in [0.4, 0.5) is 0 Å². The number of pyridine rings is 1. The number of nitrogens with zero attached hydrogens (tertiary/aromatic N) is 6. The maximum Gasteiger partial charge on any atom is 0.270 e. The number of fused-ring (bicyclic) bond motifs is 1. The molecular weight excluding hydrogens is 352 g/mol. The van der Waals surface area contributed by atoms with Crippen molar-refractivity contribution in [2.75, 3.05) is 0 Å². The Morgan fingerprint density at radius 1 is 1.04 bits per heavy atom. The highest BCUT2D eigenvalue weighted by molar-refractivity contribution is 5.92. The molecule has 142 valence electrons. The van der Waals surface area contributed by atoms with Crippen LogP contribution in [0.3, 0.4) is 0 Å². The Morgan fingerprint density at radius 2 is 1.82 bits per heavy atom. The zero-order chi connectivity index (χ0) is 19.1. The quantitative estimate of drug-likeness (QED) is 0.528. The minimum Gasteiger partial charge on any atom is -0.414 e. The number of aromatic nitrogens is 6. The Morgan fingerprint density at radius 3 is 2.68 bits per heavy atom. The monoisotopic (exact) mass is 374 g/mol. The number of aryl methyl sites for hydroxylation is 1. The lowest BCUT2D eigenvalue weighted by Crippen LogP contribution is -2.10. The summed E-state index contributed by atoms with van der Waals surface area (Å²) in [7, 11) is 0. The predicted octanol–water partition coefficient (Wildman–Crippen LogP) is 4.35. The molecule has 0 unspecified atom stereocenters. The molecule has 0 spiro atoms. The topological polar surface area (TPSA) is 82.5 Å². The van der Waals surface area contributed by atoms with Crippen LogP contribution < -0.4 is 0 Å². The van der Waals surface area contributed by atoms with E-state index in [-0.39, 0.29) is 0 Å². The van der Waals surface area contributed by atoms with Gasteiger partial charge in [-0.2, -0.15) is 0 Å². The molecule has 1 saturated carbocycles. The predicted molar refractivity (Wildman–Crippen MR) is 105 cm³/mol. The zero-order valence-electron chi connectivity index (χ0n) is 16.1. The third-order valence-corrected chi connectivity index (χ3v) is 5.59. The summed E-state index contributed by atoms with van der Waals surface area (Å²) in [5.41, 5.74) is 4.34. The molecule has 3 heterocycles. The molecule has 0 amide bonds. The van der Waals surface area contributed by atoms with E-state index in [0.717, 1.165) is 34.4 Å². The van der Waals surface area contributed by atoms with Crippen LogP contribution in [0.5, 0.6) is 0 Å². The summed E-state index contributed by atoms with van der Waals surface area (Å²) in [6.45, 7) is 4.89. The number of benzene rings is 1. The van der Waals surface area contributed by atoms with Gasteiger partial charge in [-0.15, -0.1) is 15.3 Å². The van der Waals surface area contributed by atoms with Crippen molar-refractivity contribution < 1.29 is 4.42 Å². The molecule has 0 saturated heterocycles. The Kier molecular flexibility index (Phi) is 4.15. The SMILES string of the molecule is Cc1cc(-c2nnc(-c3nnn(CC4CCCC4)c3C)o2)c2ccccc2n1. The molecule has 7 heteroatoms. The van der Waals surface area contributed by atoms with Gasteiger partial charge in [0.1, 0.15) is 0 Å². The van der Waals surface area contributed by atoms with Crippen LogP contribution >= 0.6 is 0 Å². The molecule has 4 aromatic rings. The highest BCUT2D eigenvalue weighted by atomic mass is 16.4. The molecule has 7 nitrogen and oxygen atoms in total. The average molecular weight is 374 g/mol. The second-order valence-electron chi connectivity index (χ2n) is 7.60. The standard InChI is InChI=1S/C21H22N6O/c1-13-11-17(16-9-5-6-10-18(16)22-13)20-24-25-21(28-20)19-14(2)27(26-23-19)12-15-7-3-4-8-15/h5-6,9-11,15H,3-4,7-8,12H2,1-2H3. The number of para-hydroxylation sites is 1. The average Bonchev–Trinajstić information content (AvgIpc) is 3.44. The van der Waals surface area contributed by atoms with Crippen molar-refractivity contribution in [3.8, 4) is 23.0 Å². The van der Waals surface area contributed by atoms with E-state index in [1.807, 2.05) is 48.9 Å². The van der Waals surface area contributed by atoms with Crippen molar-refractivity contribution in [1.82, 2.24) is 30.2 Å². The first-order valence-corrected chi connectivity index (χ1v) is 9.80. The fraction of sp³-hybridized carbons (Fsp3) is 0.381. The molecule has 0 atom stereocenters. The van der Waals surface area contributed by atoms with Crippen LogP contribution in [-0.2, 0) is 6.54 Å². The minimum absolute atomic E-state index is 0.406. The summed E-state index contributed by atoms with van der Waals surface area (Å²) < 4.78 is 7.99. The molecule has 28 heavy (non-hydrogen) atoms. The van der Waals surface area contributed by atoms with Crippen LogP contribution in [0.1, 0.15) is 37.1 Å². The Balaban J connectivity index is 1.50. The lowest BCUT2D eigenvalue weighted by molar-refractivity contribution is 0.416. The summed E-state index contributed by atoms with van der Waals surface area (Å²) in [6.07, 6.45) is 5.18. The van der Waals surface area contributed by atoms with Crippen LogP contribution in [0.25, 0.3) is 33.9 Å². The maximum absolute atomic E-state index is 6.02. The summed E-state index contributed by atoms with van der Waals surface area (Å²) in [5, 5.41) is 18.2. The van der Waals surface area contributed by atoms with Crippen LogP contribution in [-0.4, -0.2) is 30.2 Å². The smallest absolute Gasteiger partial charge is 0.270 e. The van der Waals surface area contributed by atoms with Gasteiger partial charge in [0.2, 0.25) is 5.89 Å². The molecule has 0 radical (unpaired) electrons. The molecule has 5 rings (SSSR count). The van der Waals surface area contributed by atoms with Gasteiger partial charge in [0.15, 0.2) is 5.69 Å². The van der Waals surface area contributed by atoms with Gasteiger partial charge in [-0.1, -0.05) is 36.3 Å². The van der Waals surface area contributed by atoms with E-state index in [1.54, 1.807) is 0 Å². The Labute approximate surface area is 162 Å². The summed E-state index contributed by atoms with van der Waals surface area (Å²) >= 11 is 0. The summed E-state index contributed by atoms with van der Waals surface area (Å²) in [6, 6.07) is 9.94. The maximum atomic E-state index is 6.02. The second-order valence-corrected chi connectivity index (χ2v) is 7.60. The van der Waals surface area contributed by atoms with Crippen molar-refractivity contribution in [1.29, 1.82) is 0 Å². The van der Waals surface area contributed by atoms with E-state index in [9.17, 15) is 0 Å². The van der Waals surface area contributed by atoms with Gasteiger partial charge in [0.05, 0.1) is 16.8 Å². The van der Waals surface area contributed by atoms with E-state index in [1.165, 1.54) is 25.7 Å². The molecule has 0 N–H and O–H groups in total. The molecular formula is C21H22N6O. The molecule has 0 bridgehead atoms. The molecule has 1 aliphatic carbocycles. The lowest BCUT2D eigenvalue weighted by Gasteiger charge is -2.09. The highest BCUT2D eigenvalue weighted by Crippen LogP contribution is 2.31. The first kappa shape index (κ1) is 17.0. The van der Waals surface area contributed by atoms with Gasteiger partial charge in [-0.25, -0.2) is 4.68 Å². The van der Waals surface area contributed by atoms with E-state index < -0.39 is 0 Å². The Bertz CT molecular complexity index is 1140. The summed E-state index contributed by atoms with van der Waals surface area (Å²) in [5.74, 6) is 1.57. The van der Waals surface area contributed by atoms with Gasteiger partial charge in [0, 0.05) is 17.6 Å². The second kappa shape index (κ2) is 6.82. The minimum atomic E-state index is 0.406. The van der Waals surface area contributed by atoms with Gasteiger partial charge in [0.25, 0.3) is 5.89 Å². The summed E-state index contributed by atoms with van der Waals surface area (Å²) in [4.78, 5) is 4.58. The van der Waals surface area contributed by atoms with Crippen LogP contribution in [0.15, 0.2) is 34.7 Å². The zero-order valence-corrected chi connectivity index (χ0v) is 16.1. The molecule has 1 aliphatic rings. The fourth-order valence-corrected chi connectivity index (χ4v) is 4.08. The van der Waals surface area contributed by atoms with E-state index in [0.29, 0.717) is 23.4 Å². The fourth-order valence-electron chi connectivity index (χ4n) is 4.08. The number of rotatable bonds is 4. The van der Waals surface area contributed by atoms with Gasteiger partial charge >= 0.3 is 0 Å². The third kappa shape index (κ3) is 2.96. The third-order valence-electron chi connectivity index (χ3n) is 5.59. The largest absolute Gasteiger partial charge is 0.414 e. The van der Waals surface area contributed by atoms with Crippen LogP contribution in [0.2, 0.25) is 0 Å². The van der Waals surface area contributed by atoms with Gasteiger partial charge in [-0.3, -0.25) is 4.98 Å². The van der Waals surface area contributed by atoms with E-state index in [4.69, 9.17) is 4.42 Å². The van der Waals surface area contributed by atoms with Crippen LogP contribution in [0, 0.1) is 19.8 Å². The molecule has 1 fully saturated rings. The highest BCUT2D eigenvalue weighted by Gasteiger charge is 2.22. The molecule has 0 aliphatic heterocycles. The first-order valence-electron chi connectivity index (χ1n) is 9.80. The van der Waals surface area contributed by atoms with Crippen molar-refractivity contribution in [3.63, 3.8) is 0 Å². The van der Waals surface area contributed by atoms with Gasteiger partial charge < -0.3 is 4.42 Å². The van der Waals surface area contributed by atoms with E-state index >= 15 is 0 Å². The molecule has 1 aromatic carbocycles. The van der Waals surface area contributed by atoms with Crippen molar-refractivity contribution in [2.24, 2.45) is 5.92 Å².